The Labute approximate surface area is 122 Å². The van der Waals surface area contributed by atoms with Gasteiger partial charge in [0.1, 0.15) is 0 Å². The van der Waals surface area contributed by atoms with E-state index in [0.29, 0.717) is 12.5 Å². The number of likely N-dealkylation sites (tertiary alicyclic amines) is 1. The SMILES string of the molecule is CC(C)CC(NCC(=O)N1CCCC1)c1ccccc1. The fourth-order valence-electron chi connectivity index (χ4n) is 2.78. The highest BCUT2D eigenvalue weighted by molar-refractivity contribution is 5.78. The zero-order valence-electron chi connectivity index (χ0n) is 12.6. The summed E-state index contributed by atoms with van der Waals surface area (Å²) in [5.41, 5.74) is 1.27. The summed E-state index contributed by atoms with van der Waals surface area (Å²) in [6.07, 6.45) is 3.36. The van der Waals surface area contributed by atoms with Crippen molar-refractivity contribution in [1.29, 1.82) is 0 Å². The Morgan fingerprint density at radius 3 is 2.45 bits per heavy atom. The molecule has 1 unspecified atom stereocenters. The van der Waals surface area contributed by atoms with Crippen LogP contribution in [-0.2, 0) is 4.79 Å². The van der Waals surface area contributed by atoms with Gasteiger partial charge in [0.2, 0.25) is 5.91 Å². The van der Waals surface area contributed by atoms with Gasteiger partial charge in [-0.15, -0.1) is 0 Å². The number of hydrogen-bond acceptors (Lipinski definition) is 2. The highest BCUT2D eigenvalue weighted by atomic mass is 16.2. The summed E-state index contributed by atoms with van der Waals surface area (Å²) in [4.78, 5) is 14.1. The van der Waals surface area contributed by atoms with Crippen LogP contribution in [0, 0.1) is 5.92 Å². The first-order chi connectivity index (χ1) is 9.66. The second-order valence-electron chi connectivity index (χ2n) is 6.06. The quantitative estimate of drug-likeness (QED) is 0.865. The fourth-order valence-corrected chi connectivity index (χ4v) is 2.78. The molecule has 1 amide bonds. The molecule has 20 heavy (non-hydrogen) atoms. The molecule has 1 aromatic carbocycles. The third-order valence-electron chi connectivity index (χ3n) is 3.87. The van der Waals surface area contributed by atoms with Crippen LogP contribution in [0.2, 0.25) is 0 Å². The molecule has 0 aromatic heterocycles. The number of rotatable bonds is 6. The van der Waals surface area contributed by atoms with E-state index in [2.05, 4.69) is 43.4 Å². The van der Waals surface area contributed by atoms with Crippen LogP contribution in [0.15, 0.2) is 30.3 Å². The van der Waals surface area contributed by atoms with Gasteiger partial charge in [-0.05, 0) is 30.7 Å². The minimum absolute atomic E-state index is 0.243. The first-order valence-electron chi connectivity index (χ1n) is 7.73. The number of carbonyl (C=O) groups is 1. The monoisotopic (exact) mass is 274 g/mol. The number of hydrogen-bond donors (Lipinski definition) is 1. The van der Waals surface area contributed by atoms with Crippen LogP contribution in [0.4, 0.5) is 0 Å². The Hall–Kier alpha value is -1.35. The minimum atomic E-state index is 0.243. The van der Waals surface area contributed by atoms with Crippen molar-refractivity contribution < 1.29 is 4.79 Å². The maximum atomic E-state index is 12.1. The van der Waals surface area contributed by atoms with Gasteiger partial charge in [-0.25, -0.2) is 0 Å². The van der Waals surface area contributed by atoms with E-state index in [1.807, 2.05) is 11.0 Å². The minimum Gasteiger partial charge on any atom is -0.342 e. The van der Waals surface area contributed by atoms with Gasteiger partial charge in [0.05, 0.1) is 6.54 Å². The van der Waals surface area contributed by atoms with Gasteiger partial charge in [-0.1, -0.05) is 44.2 Å². The maximum Gasteiger partial charge on any atom is 0.236 e. The predicted molar refractivity (Wildman–Crippen MR) is 82.5 cm³/mol. The standard InChI is InChI=1S/C17H26N2O/c1-14(2)12-16(15-8-4-3-5-9-15)18-13-17(20)19-10-6-7-11-19/h3-5,8-9,14,16,18H,6-7,10-13H2,1-2H3. The van der Waals surface area contributed by atoms with E-state index in [1.165, 1.54) is 5.56 Å². The molecule has 1 heterocycles. The number of nitrogens with one attached hydrogen (secondary N) is 1. The molecule has 1 N–H and O–H groups in total. The van der Waals surface area contributed by atoms with Crippen LogP contribution >= 0.6 is 0 Å². The van der Waals surface area contributed by atoms with Crippen LogP contribution in [0.5, 0.6) is 0 Å². The van der Waals surface area contributed by atoms with E-state index >= 15 is 0 Å². The third-order valence-corrected chi connectivity index (χ3v) is 3.87. The highest BCUT2D eigenvalue weighted by Gasteiger charge is 2.19. The Kier molecular flexibility index (Phi) is 5.60. The normalized spacial score (nSPS) is 16.6. The van der Waals surface area contributed by atoms with Crippen LogP contribution < -0.4 is 5.32 Å². The molecule has 110 valence electrons. The van der Waals surface area contributed by atoms with Crippen molar-refractivity contribution in [2.24, 2.45) is 5.92 Å². The Bertz CT molecular complexity index is 410. The van der Waals surface area contributed by atoms with Gasteiger partial charge in [0.15, 0.2) is 0 Å². The number of nitrogens with zero attached hydrogens (tertiary/aromatic N) is 1. The van der Waals surface area contributed by atoms with Crippen molar-refractivity contribution in [2.75, 3.05) is 19.6 Å². The molecular formula is C17H26N2O. The molecule has 0 radical (unpaired) electrons. The summed E-state index contributed by atoms with van der Waals surface area (Å²) in [5.74, 6) is 0.849. The smallest absolute Gasteiger partial charge is 0.236 e. The van der Waals surface area contributed by atoms with Gasteiger partial charge in [0.25, 0.3) is 0 Å². The van der Waals surface area contributed by atoms with E-state index in [0.717, 1.165) is 32.4 Å². The van der Waals surface area contributed by atoms with Crippen LogP contribution in [-0.4, -0.2) is 30.4 Å². The molecule has 0 aliphatic carbocycles. The van der Waals surface area contributed by atoms with E-state index < -0.39 is 0 Å². The molecule has 1 aliphatic rings. The van der Waals surface area contributed by atoms with Crippen molar-refractivity contribution in [3.8, 4) is 0 Å². The lowest BCUT2D eigenvalue weighted by molar-refractivity contribution is -0.129. The van der Waals surface area contributed by atoms with Crippen molar-refractivity contribution in [3.63, 3.8) is 0 Å². The van der Waals surface area contributed by atoms with E-state index in [1.54, 1.807) is 0 Å². The topological polar surface area (TPSA) is 32.3 Å². The first kappa shape index (κ1) is 15.0. The molecule has 0 spiro atoms. The van der Waals surface area contributed by atoms with Gasteiger partial charge in [0, 0.05) is 19.1 Å². The van der Waals surface area contributed by atoms with Gasteiger partial charge < -0.3 is 10.2 Å². The molecule has 1 atom stereocenters. The largest absolute Gasteiger partial charge is 0.342 e. The first-order valence-corrected chi connectivity index (χ1v) is 7.73. The lowest BCUT2D eigenvalue weighted by atomic mass is 9.97. The average Bonchev–Trinajstić information content (AvgIpc) is 2.98. The Morgan fingerprint density at radius 2 is 1.85 bits per heavy atom. The molecule has 2 rings (SSSR count). The Morgan fingerprint density at radius 1 is 1.20 bits per heavy atom. The lowest BCUT2D eigenvalue weighted by Gasteiger charge is -2.23. The Balaban J connectivity index is 1.92. The molecule has 0 bridgehead atoms. The number of amides is 1. The molecule has 1 aromatic rings. The van der Waals surface area contributed by atoms with Crippen LogP contribution in [0.3, 0.4) is 0 Å². The molecular weight excluding hydrogens is 248 g/mol. The lowest BCUT2D eigenvalue weighted by Crippen LogP contribution is -2.38. The molecule has 1 fully saturated rings. The predicted octanol–water partition coefficient (Wildman–Crippen LogP) is 2.99. The maximum absolute atomic E-state index is 12.1. The summed E-state index contributed by atoms with van der Waals surface area (Å²) in [6.45, 7) is 6.76. The van der Waals surface area contributed by atoms with Crippen molar-refractivity contribution in [3.05, 3.63) is 35.9 Å². The summed E-state index contributed by atoms with van der Waals surface area (Å²) < 4.78 is 0. The zero-order chi connectivity index (χ0) is 14.4. The summed E-state index contributed by atoms with van der Waals surface area (Å²) >= 11 is 0. The zero-order valence-corrected chi connectivity index (χ0v) is 12.6. The van der Waals surface area contributed by atoms with Crippen molar-refractivity contribution in [1.82, 2.24) is 10.2 Å². The average molecular weight is 274 g/mol. The summed E-state index contributed by atoms with van der Waals surface area (Å²) in [6, 6.07) is 10.7. The van der Waals surface area contributed by atoms with Gasteiger partial charge in [-0.3, -0.25) is 4.79 Å². The molecule has 1 aliphatic heterocycles. The fraction of sp³-hybridized carbons (Fsp3) is 0.588. The van der Waals surface area contributed by atoms with Gasteiger partial charge >= 0.3 is 0 Å². The van der Waals surface area contributed by atoms with Crippen LogP contribution in [0.25, 0.3) is 0 Å². The van der Waals surface area contributed by atoms with E-state index in [9.17, 15) is 4.79 Å². The second-order valence-corrected chi connectivity index (χ2v) is 6.06. The van der Waals surface area contributed by atoms with Crippen LogP contribution in [0.1, 0.15) is 44.7 Å². The van der Waals surface area contributed by atoms with E-state index in [-0.39, 0.29) is 11.9 Å². The highest BCUT2D eigenvalue weighted by Crippen LogP contribution is 2.21. The van der Waals surface area contributed by atoms with Crippen molar-refractivity contribution >= 4 is 5.91 Å². The third kappa shape index (κ3) is 4.34. The van der Waals surface area contributed by atoms with E-state index in [4.69, 9.17) is 0 Å². The molecule has 0 saturated carbocycles. The second kappa shape index (κ2) is 7.44. The molecule has 3 nitrogen and oxygen atoms in total. The number of benzene rings is 1. The molecule has 3 heteroatoms. The molecule has 1 saturated heterocycles. The summed E-state index contributed by atoms with van der Waals surface area (Å²) in [5, 5.41) is 3.45. The van der Waals surface area contributed by atoms with Gasteiger partial charge in [-0.2, -0.15) is 0 Å². The summed E-state index contributed by atoms with van der Waals surface area (Å²) in [7, 11) is 0. The number of carbonyl (C=O) groups excluding carboxylic acids is 1. The van der Waals surface area contributed by atoms with Crippen molar-refractivity contribution in [2.45, 2.75) is 39.2 Å².